The van der Waals surface area contributed by atoms with Crippen molar-refractivity contribution in [2.75, 3.05) is 26.9 Å². The van der Waals surface area contributed by atoms with Crippen LogP contribution in [-0.4, -0.2) is 57.3 Å². The van der Waals surface area contributed by atoms with E-state index in [0.717, 1.165) is 22.1 Å². The third-order valence-corrected chi connectivity index (χ3v) is 11.5. The smallest absolute Gasteiger partial charge is 0.410 e. The highest BCUT2D eigenvalue weighted by Gasteiger charge is 2.48. The van der Waals surface area contributed by atoms with E-state index in [2.05, 4.69) is 40.4 Å². The molecule has 0 radical (unpaired) electrons. The van der Waals surface area contributed by atoms with E-state index in [4.69, 9.17) is 13.9 Å². The third kappa shape index (κ3) is 5.42. The number of likely N-dealkylation sites (tertiary alicyclic amines) is 1. The largest absolute Gasteiger partial charge is 0.497 e. The summed E-state index contributed by atoms with van der Waals surface area (Å²) in [5.41, 5.74) is -0.417. The molecule has 0 aliphatic carbocycles. The molecule has 2 aromatic rings. The van der Waals surface area contributed by atoms with E-state index < -0.39 is 20.0 Å². The zero-order valence-electron chi connectivity index (χ0n) is 20.7. The Morgan fingerprint density at radius 3 is 2.55 bits per heavy atom. The topological polar surface area (TPSA) is 68.2 Å². The number of aliphatic hydroxyl groups is 1. The molecular weight excluding hydrogens is 434 g/mol. The summed E-state index contributed by atoms with van der Waals surface area (Å²) in [5.74, 6) is 0.786. The molecule has 2 atom stereocenters. The molecule has 0 unspecified atom stereocenters. The fraction of sp³-hybridized carbons (Fsp3) is 0.500. The number of β-amino-alcohol motifs (C(OH)–C–C–N with tert-alkyl or cyclic N) is 1. The van der Waals surface area contributed by atoms with E-state index >= 15 is 0 Å². The molecular formula is C26H37NO5Si. The Balaban J connectivity index is 1.88. The van der Waals surface area contributed by atoms with Crippen LogP contribution in [0.3, 0.4) is 0 Å². The summed E-state index contributed by atoms with van der Waals surface area (Å²) in [6.45, 7) is 15.2. The van der Waals surface area contributed by atoms with E-state index in [1.807, 2.05) is 36.4 Å². The summed E-state index contributed by atoms with van der Waals surface area (Å²) in [4.78, 5) is 14.4. The van der Waals surface area contributed by atoms with Crippen LogP contribution in [-0.2, 0) is 14.8 Å². The van der Waals surface area contributed by atoms with Crippen molar-refractivity contribution in [1.29, 1.82) is 0 Å². The lowest BCUT2D eigenvalue weighted by atomic mass is 9.89. The third-order valence-electron chi connectivity index (χ3n) is 7.03. The zero-order valence-corrected chi connectivity index (χ0v) is 21.7. The van der Waals surface area contributed by atoms with Crippen LogP contribution in [0.5, 0.6) is 5.75 Å². The zero-order chi connectivity index (χ0) is 24.4. The van der Waals surface area contributed by atoms with Gasteiger partial charge in [-0.15, -0.1) is 0 Å². The minimum atomic E-state index is -2.02. The van der Waals surface area contributed by atoms with Gasteiger partial charge < -0.3 is 19.0 Å². The van der Waals surface area contributed by atoms with Gasteiger partial charge in [0.05, 0.1) is 26.3 Å². The van der Waals surface area contributed by atoms with Gasteiger partial charge in [-0.05, 0) is 52.7 Å². The van der Waals surface area contributed by atoms with Gasteiger partial charge in [0, 0.05) is 6.42 Å². The number of hydrogen-bond donors (Lipinski definition) is 1. The first kappa shape index (κ1) is 25.3. The van der Waals surface area contributed by atoms with Crippen LogP contribution in [0.25, 0.3) is 10.8 Å². The monoisotopic (exact) mass is 471 g/mol. The highest BCUT2D eigenvalue weighted by Crippen LogP contribution is 2.40. The second-order valence-corrected chi connectivity index (χ2v) is 15.2. The highest BCUT2D eigenvalue weighted by molar-refractivity contribution is 6.74. The van der Waals surface area contributed by atoms with Crippen molar-refractivity contribution in [2.45, 2.75) is 57.0 Å². The second-order valence-electron chi connectivity index (χ2n) is 10.4. The number of rotatable bonds is 7. The van der Waals surface area contributed by atoms with Crippen LogP contribution >= 0.6 is 0 Å². The van der Waals surface area contributed by atoms with Crippen molar-refractivity contribution in [2.24, 2.45) is 0 Å². The number of benzene rings is 2. The van der Waals surface area contributed by atoms with Gasteiger partial charge >= 0.3 is 6.09 Å². The van der Waals surface area contributed by atoms with Gasteiger partial charge in [-0.2, -0.15) is 0 Å². The summed E-state index contributed by atoms with van der Waals surface area (Å²) < 4.78 is 17.1. The summed E-state index contributed by atoms with van der Waals surface area (Å²) in [5, 5.41) is 13.8. The van der Waals surface area contributed by atoms with Gasteiger partial charge in [0.25, 0.3) is 0 Å². The molecule has 0 aromatic heterocycles. The molecule has 180 valence electrons. The number of hydrogen-bond acceptors (Lipinski definition) is 5. The second kappa shape index (κ2) is 9.48. The Hall–Kier alpha value is -2.35. The lowest BCUT2D eigenvalue weighted by molar-refractivity contribution is 0.0430. The maximum Gasteiger partial charge on any atom is 0.410 e. The molecule has 33 heavy (non-hydrogen) atoms. The van der Waals surface area contributed by atoms with Crippen molar-refractivity contribution >= 4 is 25.2 Å². The Bertz CT molecular complexity index is 1020. The van der Waals surface area contributed by atoms with Crippen molar-refractivity contribution in [3.63, 3.8) is 0 Å². The molecule has 0 saturated carbocycles. The molecule has 1 fully saturated rings. The summed E-state index contributed by atoms with van der Waals surface area (Å²) >= 11 is 0. The van der Waals surface area contributed by atoms with Crippen LogP contribution in [0.2, 0.25) is 18.1 Å². The number of methoxy groups -OCH3 is 1. The number of ether oxygens (including phenoxy) is 2. The molecule has 0 spiro atoms. The maximum atomic E-state index is 12.8. The van der Waals surface area contributed by atoms with Crippen LogP contribution in [0.4, 0.5) is 4.79 Å². The van der Waals surface area contributed by atoms with E-state index in [0.29, 0.717) is 13.0 Å². The van der Waals surface area contributed by atoms with E-state index in [9.17, 15) is 9.90 Å². The SMILES string of the molecule is C=CCOC(=O)N1C[C@](O)(c2ccc3cc(OC)ccc3c2)C[C@H]1CO[Si](C)(C)C(C)(C)C. The molecule has 7 heteroatoms. The maximum absolute atomic E-state index is 12.8. The van der Waals surface area contributed by atoms with Gasteiger partial charge in [-0.25, -0.2) is 4.79 Å². The first-order chi connectivity index (χ1) is 15.4. The molecule has 1 heterocycles. The van der Waals surface area contributed by atoms with Crippen LogP contribution in [0.15, 0.2) is 49.1 Å². The van der Waals surface area contributed by atoms with Crippen molar-refractivity contribution in [1.82, 2.24) is 4.90 Å². The van der Waals surface area contributed by atoms with Crippen LogP contribution < -0.4 is 4.74 Å². The van der Waals surface area contributed by atoms with Crippen LogP contribution in [0, 0.1) is 0 Å². The summed E-state index contributed by atoms with van der Waals surface area (Å²) in [6, 6.07) is 11.4. The van der Waals surface area contributed by atoms with Crippen LogP contribution in [0.1, 0.15) is 32.8 Å². The lowest BCUT2D eigenvalue weighted by Crippen LogP contribution is -2.46. The van der Waals surface area contributed by atoms with Gasteiger partial charge in [0.2, 0.25) is 0 Å². The average molecular weight is 472 g/mol. The fourth-order valence-corrected chi connectivity index (χ4v) is 4.96. The molecule has 3 rings (SSSR count). The molecule has 1 aliphatic rings. The molecule has 1 amide bonds. The molecule has 1 N–H and O–H groups in total. The number of nitrogens with zero attached hydrogens (tertiary/aromatic N) is 1. The fourth-order valence-electron chi connectivity index (χ4n) is 3.92. The Morgan fingerprint density at radius 1 is 1.24 bits per heavy atom. The predicted molar refractivity (Wildman–Crippen MR) is 134 cm³/mol. The van der Waals surface area contributed by atoms with E-state index in [1.54, 1.807) is 18.1 Å². The van der Waals surface area contributed by atoms with Gasteiger partial charge in [0.1, 0.15) is 18.0 Å². The molecule has 0 bridgehead atoms. The molecule has 1 saturated heterocycles. The number of carbonyl (C=O) groups excluding carboxylic acids is 1. The standard InChI is InChI=1S/C26H37NO5Si/c1-8-13-31-24(28)27-18-26(29,16-22(27)17-32-33(6,7)25(2,3)4)21-11-9-20-15-23(30-5)12-10-19(20)14-21/h8-12,14-15,22,29H,1,13,16-18H2,2-7H3/t22-,26-/m0/s1. The Morgan fingerprint density at radius 2 is 1.91 bits per heavy atom. The molecule has 6 nitrogen and oxygen atoms in total. The number of amides is 1. The van der Waals surface area contributed by atoms with Crippen molar-refractivity contribution < 1.29 is 23.8 Å². The number of carbonyl (C=O) groups is 1. The van der Waals surface area contributed by atoms with E-state index in [-0.39, 0.29) is 24.2 Å². The first-order valence-corrected chi connectivity index (χ1v) is 14.3. The first-order valence-electron chi connectivity index (χ1n) is 11.4. The van der Waals surface area contributed by atoms with Gasteiger partial charge in [-0.3, -0.25) is 4.90 Å². The number of fused-ring (bicyclic) bond motifs is 1. The highest BCUT2D eigenvalue weighted by atomic mass is 28.4. The molecule has 2 aromatic carbocycles. The lowest BCUT2D eigenvalue weighted by Gasteiger charge is -2.37. The Kier molecular flexibility index (Phi) is 7.26. The predicted octanol–water partition coefficient (Wildman–Crippen LogP) is 5.45. The average Bonchev–Trinajstić information content (AvgIpc) is 3.12. The quantitative estimate of drug-likeness (QED) is 0.429. The normalized spacial score (nSPS) is 21.3. The summed E-state index contributed by atoms with van der Waals surface area (Å²) in [6.07, 6.45) is 1.46. The van der Waals surface area contributed by atoms with Gasteiger partial charge in [-0.1, -0.05) is 51.6 Å². The van der Waals surface area contributed by atoms with E-state index in [1.165, 1.54) is 0 Å². The minimum Gasteiger partial charge on any atom is -0.497 e. The van der Waals surface area contributed by atoms with Crippen molar-refractivity contribution in [3.8, 4) is 5.75 Å². The summed E-state index contributed by atoms with van der Waals surface area (Å²) in [7, 11) is -0.380. The minimum absolute atomic E-state index is 0.0511. The van der Waals surface area contributed by atoms with Gasteiger partial charge in [0.15, 0.2) is 8.32 Å². The van der Waals surface area contributed by atoms with Crippen molar-refractivity contribution in [3.05, 3.63) is 54.6 Å². The Labute approximate surface area is 198 Å². The molecule has 1 aliphatic heterocycles.